The minimum absolute atomic E-state index is 0. The number of hydrogen-bond donors (Lipinski definition) is 1. The highest BCUT2D eigenvalue weighted by Gasteiger charge is 2.43. The topological polar surface area (TPSA) is 48.8 Å². The van der Waals surface area contributed by atoms with Crippen molar-refractivity contribution in [2.45, 2.75) is 70.8 Å². The first-order valence-corrected chi connectivity index (χ1v) is 13.2. The first-order chi connectivity index (χ1) is 15.4. The number of aromatic nitrogens is 1. The maximum absolute atomic E-state index is 11.1. The molecule has 190 valence electrons. The lowest BCUT2D eigenvalue weighted by atomic mass is 9.78. The van der Waals surface area contributed by atoms with Crippen molar-refractivity contribution < 1.29 is 9.84 Å². The van der Waals surface area contributed by atoms with Crippen LogP contribution in [-0.2, 0) is 21.1 Å². The van der Waals surface area contributed by atoms with Crippen LogP contribution < -0.4 is 0 Å². The number of aromatic hydroxyl groups is 1. The smallest absolute Gasteiger partial charge is 0.123 e. The molecule has 1 N–H and O–H groups in total. The van der Waals surface area contributed by atoms with Gasteiger partial charge in [-0.15, -0.1) is 23.7 Å². The van der Waals surface area contributed by atoms with Gasteiger partial charge in [0.15, 0.2) is 0 Å². The van der Waals surface area contributed by atoms with Crippen molar-refractivity contribution >= 4 is 23.7 Å². The first-order valence-electron chi connectivity index (χ1n) is 12.3. The summed E-state index contributed by atoms with van der Waals surface area (Å²) in [5, 5.41) is 14.6. The maximum atomic E-state index is 11.1. The number of likely N-dealkylation sites (N-methyl/N-ethyl adjacent to an activating group) is 1. The molecule has 0 atom stereocenters. The Hall–Kier alpha value is -1.18. The van der Waals surface area contributed by atoms with E-state index in [1.807, 2.05) is 0 Å². The zero-order chi connectivity index (χ0) is 24.0. The van der Waals surface area contributed by atoms with E-state index in [2.05, 4.69) is 75.9 Å². The van der Waals surface area contributed by atoms with Gasteiger partial charge in [0, 0.05) is 61.5 Å². The van der Waals surface area contributed by atoms with Gasteiger partial charge in [0.25, 0.3) is 0 Å². The number of nitrogens with zero attached hydrogens (tertiary/aromatic N) is 3. The molecule has 7 heteroatoms. The predicted octanol–water partition coefficient (Wildman–Crippen LogP) is 5.79. The third kappa shape index (κ3) is 5.31. The van der Waals surface area contributed by atoms with Gasteiger partial charge in [0.1, 0.15) is 10.8 Å². The Balaban J connectivity index is 0.00000324. The van der Waals surface area contributed by atoms with Crippen LogP contribution in [0.4, 0.5) is 0 Å². The Morgan fingerprint density at radius 1 is 0.941 bits per heavy atom. The van der Waals surface area contributed by atoms with E-state index in [4.69, 9.17) is 9.72 Å². The molecule has 2 aliphatic rings. The number of thiazole rings is 1. The molecule has 2 fully saturated rings. The summed E-state index contributed by atoms with van der Waals surface area (Å²) in [6.45, 7) is 18.9. The summed E-state index contributed by atoms with van der Waals surface area (Å²) in [7, 11) is 2.21. The van der Waals surface area contributed by atoms with Gasteiger partial charge >= 0.3 is 0 Å². The number of benzene rings is 1. The second-order valence-corrected chi connectivity index (χ2v) is 12.8. The predicted molar refractivity (Wildman–Crippen MR) is 145 cm³/mol. The molecule has 0 aliphatic carbocycles. The molecule has 1 aromatic heterocycles. The van der Waals surface area contributed by atoms with E-state index in [0.29, 0.717) is 5.75 Å². The van der Waals surface area contributed by atoms with Crippen LogP contribution in [0.3, 0.4) is 0 Å². The van der Waals surface area contributed by atoms with E-state index in [0.717, 1.165) is 74.6 Å². The Bertz CT molecular complexity index is 943. The van der Waals surface area contributed by atoms with E-state index >= 15 is 0 Å². The lowest BCUT2D eigenvalue weighted by Crippen LogP contribution is -2.56. The van der Waals surface area contributed by atoms with Crippen molar-refractivity contribution in [3.8, 4) is 17.0 Å². The molecule has 2 aromatic rings. The third-order valence-electron chi connectivity index (χ3n) is 7.35. The number of rotatable bonds is 3. The van der Waals surface area contributed by atoms with Crippen LogP contribution in [0.15, 0.2) is 17.5 Å². The van der Waals surface area contributed by atoms with Gasteiger partial charge in [-0.3, -0.25) is 4.90 Å². The Morgan fingerprint density at radius 2 is 1.47 bits per heavy atom. The van der Waals surface area contributed by atoms with Crippen LogP contribution in [0.2, 0.25) is 0 Å². The van der Waals surface area contributed by atoms with Crippen LogP contribution in [0.1, 0.15) is 70.5 Å². The van der Waals surface area contributed by atoms with Gasteiger partial charge in [-0.05, 0) is 42.9 Å². The minimum Gasteiger partial charge on any atom is -0.507 e. The number of phenols is 1. The molecule has 0 spiro atoms. The molecule has 5 nitrogen and oxygen atoms in total. The van der Waals surface area contributed by atoms with E-state index in [1.54, 1.807) is 11.3 Å². The van der Waals surface area contributed by atoms with E-state index in [1.165, 1.54) is 5.01 Å². The molecular formula is C27H42ClN3O2S. The van der Waals surface area contributed by atoms with Gasteiger partial charge in [-0.2, -0.15) is 0 Å². The van der Waals surface area contributed by atoms with Crippen LogP contribution in [0.5, 0.6) is 5.75 Å². The van der Waals surface area contributed by atoms with E-state index in [9.17, 15) is 5.11 Å². The molecule has 0 saturated carbocycles. The van der Waals surface area contributed by atoms with Gasteiger partial charge in [0.05, 0.1) is 11.2 Å². The highest BCUT2D eigenvalue weighted by atomic mass is 35.5. The Kier molecular flexibility index (Phi) is 8.11. The van der Waals surface area contributed by atoms with Gasteiger partial charge in [0.2, 0.25) is 0 Å². The number of hydrogen-bond acceptors (Lipinski definition) is 6. The number of phenolic OH excluding ortho intramolecular Hbond substituents is 1. The molecule has 1 aromatic carbocycles. The van der Waals surface area contributed by atoms with Crippen molar-refractivity contribution in [3.05, 3.63) is 33.6 Å². The Morgan fingerprint density at radius 3 is 1.97 bits per heavy atom. The van der Waals surface area contributed by atoms with Gasteiger partial charge in [-0.25, -0.2) is 4.98 Å². The van der Waals surface area contributed by atoms with Crippen LogP contribution in [-0.4, -0.2) is 66.3 Å². The van der Waals surface area contributed by atoms with Crippen LogP contribution in [0.25, 0.3) is 11.3 Å². The minimum atomic E-state index is -0.152. The first kappa shape index (κ1) is 27.4. The second-order valence-electron chi connectivity index (χ2n) is 11.9. The molecule has 4 rings (SSSR count). The van der Waals surface area contributed by atoms with Crippen molar-refractivity contribution in [3.63, 3.8) is 0 Å². The maximum Gasteiger partial charge on any atom is 0.123 e. The zero-order valence-electron chi connectivity index (χ0n) is 21.9. The van der Waals surface area contributed by atoms with Crippen LogP contribution in [0, 0.1) is 0 Å². The highest BCUT2D eigenvalue weighted by molar-refractivity contribution is 7.10. The fourth-order valence-electron chi connectivity index (χ4n) is 5.15. The molecule has 2 saturated heterocycles. The monoisotopic (exact) mass is 507 g/mol. The quantitative estimate of drug-likeness (QED) is 0.570. The molecule has 0 amide bonds. The summed E-state index contributed by atoms with van der Waals surface area (Å²) < 4.78 is 5.78. The standard InChI is InChI=1S/C27H41N3O2S.ClH/c1-25(2,3)20-16-19(17-21(23(20)31)26(4,5)6)22-18-33-24(28-22)27(8-14-32-15-9-27)30-12-10-29(7)11-13-30;/h16-18,31H,8-15H2,1-7H3;1H. The molecule has 0 unspecified atom stereocenters. The lowest BCUT2D eigenvalue weighted by molar-refractivity contribution is -0.0485. The fourth-order valence-corrected chi connectivity index (χ4v) is 6.27. The lowest BCUT2D eigenvalue weighted by Gasteiger charge is -2.48. The summed E-state index contributed by atoms with van der Waals surface area (Å²) >= 11 is 1.79. The average Bonchev–Trinajstić information content (AvgIpc) is 3.24. The summed E-state index contributed by atoms with van der Waals surface area (Å²) in [5.74, 6) is 0.424. The van der Waals surface area contributed by atoms with Crippen molar-refractivity contribution in [2.24, 2.45) is 0 Å². The second kappa shape index (κ2) is 10.1. The summed E-state index contributed by atoms with van der Waals surface area (Å²) in [5.41, 5.74) is 3.76. The third-order valence-corrected chi connectivity index (χ3v) is 8.39. The molecule has 2 aliphatic heterocycles. The van der Waals surface area contributed by atoms with Crippen molar-refractivity contribution in [2.75, 3.05) is 46.4 Å². The van der Waals surface area contributed by atoms with E-state index < -0.39 is 0 Å². The molecule has 3 heterocycles. The van der Waals surface area contributed by atoms with E-state index in [-0.39, 0.29) is 28.8 Å². The summed E-state index contributed by atoms with van der Waals surface area (Å²) in [6, 6.07) is 4.30. The molecule has 0 radical (unpaired) electrons. The van der Waals surface area contributed by atoms with Crippen LogP contribution >= 0.6 is 23.7 Å². The Labute approximate surface area is 215 Å². The number of piperazine rings is 1. The largest absolute Gasteiger partial charge is 0.507 e. The van der Waals surface area contributed by atoms with Crippen molar-refractivity contribution in [1.29, 1.82) is 0 Å². The van der Waals surface area contributed by atoms with Crippen molar-refractivity contribution in [1.82, 2.24) is 14.8 Å². The number of halogens is 1. The zero-order valence-corrected chi connectivity index (χ0v) is 23.5. The molecular weight excluding hydrogens is 466 g/mol. The summed E-state index contributed by atoms with van der Waals surface area (Å²) in [4.78, 5) is 10.3. The fraction of sp³-hybridized carbons (Fsp3) is 0.667. The molecule has 34 heavy (non-hydrogen) atoms. The highest BCUT2D eigenvalue weighted by Crippen LogP contribution is 2.44. The average molecular weight is 508 g/mol. The van der Waals surface area contributed by atoms with Gasteiger partial charge in [-0.1, -0.05) is 41.5 Å². The normalized spacial score (nSPS) is 20.2. The SMILES string of the molecule is CN1CCN(C2(c3nc(-c4cc(C(C)(C)C)c(O)c(C(C)(C)C)c4)cs3)CCOCC2)CC1.Cl. The number of ether oxygens (including phenoxy) is 1. The summed E-state index contributed by atoms with van der Waals surface area (Å²) in [6.07, 6.45) is 2.00. The molecule has 0 bridgehead atoms. The van der Waals surface area contributed by atoms with Gasteiger partial charge < -0.3 is 14.7 Å².